The van der Waals surface area contributed by atoms with E-state index in [4.69, 9.17) is 4.52 Å². The SMILES string of the molecule is CCc1cc(CNC(=O)N2CCN([C@H]3C[C@H]4CC[C@H]3C4)CC2)on1. The smallest absolute Gasteiger partial charge is 0.317 e. The minimum atomic E-state index is 0.0111. The Morgan fingerprint density at radius 3 is 2.75 bits per heavy atom. The topological polar surface area (TPSA) is 61.6 Å². The second-order valence-electron chi connectivity index (χ2n) is 7.56. The van der Waals surface area contributed by atoms with Crippen LogP contribution in [0.5, 0.6) is 0 Å². The fourth-order valence-electron chi connectivity index (χ4n) is 4.80. The molecule has 3 atom stereocenters. The van der Waals surface area contributed by atoms with Crippen molar-refractivity contribution in [3.05, 3.63) is 17.5 Å². The first-order valence-electron chi connectivity index (χ1n) is 9.44. The molecule has 2 aliphatic carbocycles. The highest BCUT2D eigenvalue weighted by Crippen LogP contribution is 2.46. The van der Waals surface area contributed by atoms with E-state index in [1.54, 1.807) is 0 Å². The van der Waals surface area contributed by atoms with Crippen LogP contribution in [0.3, 0.4) is 0 Å². The molecule has 3 aliphatic rings. The monoisotopic (exact) mass is 332 g/mol. The molecule has 2 saturated carbocycles. The number of amides is 2. The first kappa shape index (κ1) is 15.9. The molecule has 6 nitrogen and oxygen atoms in total. The molecule has 24 heavy (non-hydrogen) atoms. The van der Waals surface area contributed by atoms with E-state index in [0.29, 0.717) is 6.54 Å². The van der Waals surface area contributed by atoms with Crippen LogP contribution >= 0.6 is 0 Å². The van der Waals surface area contributed by atoms with Gasteiger partial charge in [-0.2, -0.15) is 0 Å². The van der Waals surface area contributed by atoms with Crippen molar-refractivity contribution in [2.75, 3.05) is 26.2 Å². The van der Waals surface area contributed by atoms with Gasteiger partial charge in [0.15, 0.2) is 5.76 Å². The molecular weight excluding hydrogens is 304 g/mol. The second kappa shape index (κ2) is 6.75. The first-order chi connectivity index (χ1) is 11.7. The Bertz CT molecular complexity index is 579. The molecule has 2 amide bonds. The molecule has 0 unspecified atom stereocenters. The molecule has 1 N–H and O–H groups in total. The third kappa shape index (κ3) is 3.16. The summed E-state index contributed by atoms with van der Waals surface area (Å²) >= 11 is 0. The first-order valence-corrected chi connectivity index (χ1v) is 9.44. The van der Waals surface area contributed by atoms with Crippen LogP contribution in [-0.2, 0) is 13.0 Å². The number of urea groups is 1. The molecule has 1 aliphatic heterocycles. The van der Waals surface area contributed by atoms with Crippen molar-refractivity contribution in [2.45, 2.75) is 51.6 Å². The van der Waals surface area contributed by atoms with Gasteiger partial charge in [-0.1, -0.05) is 18.5 Å². The molecule has 1 aromatic heterocycles. The Labute approximate surface area is 143 Å². The minimum absolute atomic E-state index is 0.0111. The standard InChI is InChI=1S/C18H28N4O2/c1-2-15-11-16(24-20-15)12-19-18(23)22-7-5-21(6-8-22)17-10-13-3-4-14(17)9-13/h11,13-14,17H,2-10,12H2,1H3,(H,19,23)/t13-,14-,17-/m0/s1. The Kier molecular flexibility index (Phi) is 4.48. The van der Waals surface area contributed by atoms with Crippen LogP contribution in [0.1, 0.15) is 44.1 Å². The van der Waals surface area contributed by atoms with Crippen LogP contribution in [-0.4, -0.2) is 53.2 Å². The van der Waals surface area contributed by atoms with Crippen molar-refractivity contribution in [1.82, 2.24) is 20.3 Å². The van der Waals surface area contributed by atoms with Crippen molar-refractivity contribution in [1.29, 1.82) is 0 Å². The zero-order valence-corrected chi connectivity index (χ0v) is 14.5. The molecule has 1 aromatic rings. The van der Waals surface area contributed by atoms with Gasteiger partial charge in [-0.15, -0.1) is 0 Å². The van der Waals surface area contributed by atoms with E-state index in [2.05, 4.69) is 15.4 Å². The summed E-state index contributed by atoms with van der Waals surface area (Å²) in [4.78, 5) is 16.9. The number of nitrogens with one attached hydrogen (secondary N) is 1. The van der Waals surface area contributed by atoms with Crippen molar-refractivity contribution in [3.8, 4) is 0 Å². The van der Waals surface area contributed by atoms with Gasteiger partial charge >= 0.3 is 6.03 Å². The number of carbonyl (C=O) groups is 1. The Balaban J connectivity index is 1.22. The van der Waals surface area contributed by atoms with Crippen molar-refractivity contribution < 1.29 is 9.32 Å². The van der Waals surface area contributed by atoms with Crippen molar-refractivity contribution in [2.24, 2.45) is 11.8 Å². The Morgan fingerprint density at radius 1 is 1.29 bits per heavy atom. The van der Waals surface area contributed by atoms with Gasteiger partial charge in [0, 0.05) is 38.3 Å². The molecule has 6 heteroatoms. The summed E-state index contributed by atoms with van der Waals surface area (Å²) in [6.07, 6.45) is 6.56. The maximum atomic E-state index is 12.3. The summed E-state index contributed by atoms with van der Waals surface area (Å²) < 4.78 is 5.21. The van der Waals surface area contributed by atoms with Crippen LogP contribution in [0.4, 0.5) is 4.79 Å². The predicted octanol–water partition coefficient (Wildman–Crippen LogP) is 2.25. The number of rotatable bonds is 4. The fourth-order valence-corrected chi connectivity index (χ4v) is 4.80. The van der Waals surface area contributed by atoms with Gasteiger partial charge in [0.1, 0.15) is 0 Å². The average Bonchev–Trinajstić information content (AvgIpc) is 3.36. The zero-order valence-electron chi connectivity index (χ0n) is 14.5. The van der Waals surface area contributed by atoms with Gasteiger partial charge in [0.05, 0.1) is 12.2 Å². The highest BCUT2D eigenvalue weighted by atomic mass is 16.5. The van der Waals surface area contributed by atoms with Crippen LogP contribution in [0.15, 0.2) is 10.6 Å². The molecule has 4 rings (SSSR count). The van der Waals surface area contributed by atoms with Crippen LogP contribution < -0.4 is 5.32 Å². The fraction of sp³-hybridized carbons (Fsp3) is 0.778. The highest BCUT2D eigenvalue weighted by Gasteiger charge is 2.42. The van der Waals surface area contributed by atoms with Gasteiger partial charge in [0.2, 0.25) is 0 Å². The zero-order chi connectivity index (χ0) is 16.5. The lowest BCUT2D eigenvalue weighted by Gasteiger charge is -2.40. The number of nitrogens with zero attached hydrogens (tertiary/aromatic N) is 3. The van der Waals surface area contributed by atoms with Gasteiger partial charge in [-0.25, -0.2) is 4.79 Å². The third-order valence-corrected chi connectivity index (χ3v) is 6.16. The molecule has 2 heterocycles. The maximum absolute atomic E-state index is 12.3. The van der Waals surface area contributed by atoms with Gasteiger partial charge in [-0.3, -0.25) is 4.90 Å². The van der Waals surface area contributed by atoms with Crippen molar-refractivity contribution >= 4 is 6.03 Å². The number of aromatic nitrogens is 1. The maximum Gasteiger partial charge on any atom is 0.317 e. The third-order valence-electron chi connectivity index (χ3n) is 6.16. The Morgan fingerprint density at radius 2 is 2.12 bits per heavy atom. The number of fused-ring (bicyclic) bond motifs is 2. The summed E-state index contributed by atoms with van der Waals surface area (Å²) in [6, 6.07) is 2.71. The molecule has 0 aromatic carbocycles. The lowest BCUT2D eigenvalue weighted by Crippen LogP contribution is -2.55. The van der Waals surface area contributed by atoms with Gasteiger partial charge in [0.25, 0.3) is 0 Å². The van der Waals surface area contributed by atoms with Gasteiger partial charge < -0.3 is 14.7 Å². The van der Waals surface area contributed by atoms with E-state index >= 15 is 0 Å². The largest absolute Gasteiger partial charge is 0.359 e. The predicted molar refractivity (Wildman–Crippen MR) is 90.5 cm³/mol. The van der Waals surface area contributed by atoms with E-state index < -0.39 is 0 Å². The average molecular weight is 332 g/mol. The molecule has 0 spiro atoms. The molecule has 2 bridgehead atoms. The quantitative estimate of drug-likeness (QED) is 0.919. The number of carbonyl (C=O) groups excluding carboxylic acids is 1. The van der Waals surface area contributed by atoms with E-state index in [0.717, 1.165) is 61.9 Å². The van der Waals surface area contributed by atoms with Crippen LogP contribution in [0.25, 0.3) is 0 Å². The number of piperazine rings is 1. The van der Waals surface area contributed by atoms with Crippen LogP contribution in [0, 0.1) is 11.8 Å². The van der Waals surface area contributed by atoms with E-state index in [1.165, 1.54) is 25.7 Å². The summed E-state index contributed by atoms with van der Waals surface area (Å²) in [5.41, 5.74) is 0.929. The lowest BCUT2D eigenvalue weighted by atomic mass is 9.93. The second-order valence-corrected chi connectivity index (χ2v) is 7.56. The molecule has 132 valence electrons. The van der Waals surface area contributed by atoms with Crippen molar-refractivity contribution in [3.63, 3.8) is 0 Å². The number of hydrogen-bond donors (Lipinski definition) is 1. The lowest BCUT2D eigenvalue weighted by molar-refractivity contribution is 0.0824. The highest BCUT2D eigenvalue weighted by molar-refractivity contribution is 5.74. The summed E-state index contributed by atoms with van der Waals surface area (Å²) in [5, 5.41) is 6.90. The van der Waals surface area contributed by atoms with E-state index in [9.17, 15) is 4.79 Å². The van der Waals surface area contributed by atoms with E-state index in [1.807, 2.05) is 17.9 Å². The molecule has 3 fully saturated rings. The number of aryl methyl sites for hydroxylation is 1. The summed E-state index contributed by atoms with van der Waals surface area (Å²) in [6.45, 7) is 6.15. The molecular formula is C18H28N4O2. The Hall–Kier alpha value is -1.56. The minimum Gasteiger partial charge on any atom is -0.359 e. The summed E-state index contributed by atoms with van der Waals surface area (Å²) in [7, 11) is 0. The normalized spacial score (nSPS) is 30.0. The molecule has 1 saturated heterocycles. The molecule has 0 radical (unpaired) electrons. The number of hydrogen-bond acceptors (Lipinski definition) is 4. The van der Waals surface area contributed by atoms with Gasteiger partial charge in [-0.05, 0) is 37.5 Å². The van der Waals surface area contributed by atoms with E-state index in [-0.39, 0.29) is 6.03 Å². The van der Waals surface area contributed by atoms with Crippen LogP contribution in [0.2, 0.25) is 0 Å². The summed E-state index contributed by atoms with van der Waals surface area (Å²) in [5.74, 6) is 2.63.